The molecule has 0 aliphatic heterocycles. The number of carbonyl (C=O) groups excluding carboxylic acids is 1. The van der Waals surface area contributed by atoms with Crippen molar-refractivity contribution in [1.29, 1.82) is 0 Å². The molecule has 0 aliphatic rings. The Morgan fingerprint density at radius 3 is 3.00 bits per heavy atom. The van der Waals surface area contributed by atoms with Crippen molar-refractivity contribution in [3.63, 3.8) is 0 Å². The van der Waals surface area contributed by atoms with Crippen LogP contribution in [0.5, 0.6) is 0 Å². The van der Waals surface area contributed by atoms with Crippen molar-refractivity contribution in [1.82, 2.24) is 9.55 Å². The topological polar surface area (TPSA) is 87.3 Å². The zero-order valence-electron chi connectivity index (χ0n) is 8.17. The van der Waals surface area contributed by atoms with E-state index in [1.165, 1.54) is 18.0 Å². The summed E-state index contributed by atoms with van der Waals surface area (Å²) in [6, 6.07) is 0. The Kier molecular flexibility index (Phi) is 3.67. The number of hydrogen-bond acceptors (Lipinski definition) is 6. The minimum Gasteiger partial charge on any atom is -0.468 e. The lowest BCUT2D eigenvalue weighted by molar-refractivity contribution is -0.392. The van der Waals surface area contributed by atoms with Crippen LogP contribution in [0.25, 0.3) is 0 Å². The minimum absolute atomic E-state index is 0.0247. The molecular weight excluding hydrogens is 222 g/mol. The molecule has 0 N–H and O–H groups in total. The Morgan fingerprint density at radius 2 is 2.47 bits per heavy atom. The highest BCUT2D eigenvalue weighted by Gasteiger charge is 2.21. The molecule has 0 bridgehead atoms. The number of nitrogens with zero attached hydrogens (tertiary/aromatic N) is 3. The van der Waals surface area contributed by atoms with E-state index in [9.17, 15) is 14.9 Å². The second-order valence-corrected chi connectivity index (χ2v) is 3.57. The van der Waals surface area contributed by atoms with Gasteiger partial charge in [0.05, 0.1) is 12.9 Å². The first kappa shape index (κ1) is 11.5. The monoisotopic (exact) mass is 231 g/mol. The van der Waals surface area contributed by atoms with Crippen molar-refractivity contribution in [2.75, 3.05) is 12.9 Å². The third kappa shape index (κ3) is 2.69. The molecule has 15 heavy (non-hydrogen) atoms. The Balaban J connectivity index is 2.79. The Hall–Kier alpha value is -1.57. The molecule has 0 unspecified atom stereocenters. The summed E-state index contributed by atoms with van der Waals surface area (Å²) in [6.07, 6.45) is 1.33. The molecular formula is C7H9N3O4S. The molecule has 0 aromatic carbocycles. The zero-order chi connectivity index (χ0) is 11.4. The maximum absolute atomic E-state index is 10.9. The van der Waals surface area contributed by atoms with Gasteiger partial charge in [0.25, 0.3) is 0 Å². The number of hydrogen-bond donors (Lipinski definition) is 0. The molecule has 1 rings (SSSR count). The highest BCUT2D eigenvalue weighted by molar-refractivity contribution is 8.00. The van der Waals surface area contributed by atoms with Crippen LogP contribution in [-0.2, 0) is 16.6 Å². The van der Waals surface area contributed by atoms with Gasteiger partial charge in [-0.25, -0.2) is 0 Å². The van der Waals surface area contributed by atoms with Crippen molar-refractivity contribution >= 4 is 23.5 Å². The molecule has 0 spiro atoms. The van der Waals surface area contributed by atoms with E-state index < -0.39 is 10.9 Å². The average molecular weight is 231 g/mol. The summed E-state index contributed by atoms with van der Waals surface area (Å²) in [6.45, 7) is 0. The van der Waals surface area contributed by atoms with E-state index in [4.69, 9.17) is 0 Å². The van der Waals surface area contributed by atoms with Crippen molar-refractivity contribution in [2.24, 2.45) is 7.05 Å². The van der Waals surface area contributed by atoms with Crippen LogP contribution in [0.2, 0.25) is 0 Å². The SMILES string of the molecule is COC(=O)CSc1c([N+](=O)[O-])ncn1C. The van der Waals surface area contributed by atoms with E-state index in [1.807, 2.05) is 0 Å². The lowest BCUT2D eigenvalue weighted by Crippen LogP contribution is -2.04. The molecule has 0 amide bonds. The van der Waals surface area contributed by atoms with Crippen LogP contribution >= 0.6 is 11.8 Å². The van der Waals surface area contributed by atoms with Crippen LogP contribution < -0.4 is 0 Å². The van der Waals surface area contributed by atoms with Crippen molar-refractivity contribution < 1.29 is 14.5 Å². The van der Waals surface area contributed by atoms with Gasteiger partial charge in [0.1, 0.15) is 0 Å². The fraction of sp³-hybridized carbons (Fsp3) is 0.429. The van der Waals surface area contributed by atoms with E-state index >= 15 is 0 Å². The Bertz CT molecular complexity index is 390. The fourth-order valence-electron chi connectivity index (χ4n) is 0.884. The number of rotatable bonds is 4. The van der Waals surface area contributed by atoms with Gasteiger partial charge in [0, 0.05) is 7.05 Å². The normalized spacial score (nSPS) is 10.0. The molecule has 1 heterocycles. The largest absolute Gasteiger partial charge is 0.468 e. The highest BCUT2D eigenvalue weighted by Crippen LogP contribution is 2.26. The van der Waals surface area contributed by atoms with Crippen LogP contribution in [0, 0.1) is 10.1 Å². The molecule has 0 saturated heterocycles. The molecule has 8 heteroatoms. The van der Waals surface area contributed by atoms with Crippen LogP contribution in [-0.4, -0.2) is 33.3 Å². The van der Waals surface area contributed by atoms with Crippen molar-refractivity contribution in [2.45, 2.75) is 5.03 Å². The number of nitro groups is 1. The summed E-state index contributed by atoms with van der Waals surface area (Å²) in [5.41, 5.74) is 0. The zero-order valence-corrected chi connectivity index (χ0v) is 8.98. The van der Waals surface area contributed by atoms with Crippen LogP contribution in [0.15, 0.2) is 11.4 Å². The summed E-state index contributed by atoms with van der Waals surface area (Å²) in [7, 11) is 2.89. The predicted octanol–water partition coefficient (Wildman–Crippen LogP) is 0.593. The van der Waals surface area contributed by atoms with Gasteiger partial charge in [-0.05, 0) is 9.91 Å². The van der Waals surface area contributed by atoms with Gasteiger partial charge < -0.3 is 19.4 Å². The molecule has 0 atom stereocenters. The number of carbonyl (C=O) groups is 1. The molecule has 82 valence electrons. The lowest BCUT2D eigenvalue weighted by atomic mass is 10.8. The van der Waals surface area contributed by atoms with Crippen molar-refractivity contribution in [3.05, 3.63) is 16.4 Å². The molecule has 0 saturated carbocycles. The molecule has 1 aromatic heterocycles. The number of aryl methyl sites for hydroxylation is 1. The third-order valence-electron chi connectivity index (χ3n) is 1.59. The number of aromatic nitrogens is 2. The third-order valence-corrected chi connectivity index (χ3v) is 2.72. The van der Waals surface area contributed by atoms with E-state index in [0.29, 0.717) is 5.03 Å². The second kappa shape index (κ2) is 4.78. The summed E-state index contributed by atoms with van der Waals surface area (Å²) in [5.74, 6) is -0.654. The van der Waals surface area contributed by atoms with E-state index in [2.05, 4.69) is 9.72 Å². The van der Waals surface area contributed by atoms with E-state index in [-0.39, 0.29) is 11.6 Å². The summed E-state index contributed by atoms with van der Waals surface area (Å²) in [5, 5.41) is 10.9. The van der Waals surface area contributed by atoms with Gasteiger partial charge >= 0.3 is 11.8 Å². The smallest absolute Gasteiger partial charge is 0.395 e. The Labute approximate surface area is 89.6 Å². The molecule has 1 aromatic rings. The van der Waals surface area contributed by atoms with Gasteiger partial charge in [0.15, 0.2) is 5.03 Å². The standard InChI is InChI=1S/C7H9N3O4S/c1-9-4-8-6(10(12)13)7(9)15-3-5(11)14-2/h4H,3H2,1-2H3. The van der Waals surface area contributed by atoms with Crippen molar-refractivity contribution in [3.8, 4) is 0 Å². The van der Waals surface area contributed by atoms with Gasteiger partial charge in [-0.2, -0.15) is 0 Å². The first-order valence-corrected chi connectivity index (χ1v) is 4.90. The van der Waals surface area contributed by atoms with Crippen LogP contribution in [0.1, 0.15) is 0 Å². The second-order valence-electron chi connectivity index (χ2n) is 2.61. The maximum atomic E-state index is 10.9. The summed E-state index contributed by atoms with van der Waals surface area (Å²) in [4.78, 5) is 24.4. The Morgan fingerprint density at radius 1 is 1.80 bits per heavy atom. The first-order valence-electron chi connectivity index (χ1n) is 3.91. The fourth-order valence-corrected chi connectivity index (χ4v) is 1.76. The summed E-state index contributed by atoms with van der Waals surface area (Å²) >= 11 is 1.03. The van der Waals surface area contributed by atoms with E-state index in [1.54, 1.807) is 7.05 Å². The minimum atomic E-state index is -0.584. The van der Waals surface area contributed by atoms with E-state index in [0.717, 1.165) is 11.8 Å². The number of thioether (sulfide) groups is 1. The quantitative estimate of drug-likeness (QED) is 0.326. The first-order chi connectivity index (χ1) is 7.06. The molecule has 0 aliphatic carbocycles. The summed E-state index contributed by atoms with van der Waals surface area (Å²) < 4.78 is 5.92. The lowest BCUT2D eigenvalue weighted by Gasteiger charge is -2.00. The number of ether oxygens (including phenoxy) is 1. The average Bonchev–Trinajstić information content (AvgIpc) is 2.56. The van der Waals surface area contributed by atoms with Gasteiger partial charge in [-0.3, -0.25) is 4.79 Å². The highest BCUT2D eigenvalue weighted by atomic mass is 32.2. The van der Waals surface area contributed by atoms with Crippen LogP contribution in [0.3, 0.4) is 0 Å². The molecule has 0 radical (unpaired) electrons. The maximum Gasteiger partial charge on any atom is 0.395 e. The van der Waals surface area contributed by atoms with Gasteiger partial charge in [-0.1, -0.05) is 11.8 Å². The molecule has 0 fully saturated rings. The molecule has 7 nitrogen and oxygen atoms in total. The number of methoxy groups -OCH3 is 1. The van der Waals surface area contributed by atoms with Crippen LogP contribution in [0.4, 0.5) is 5.82 Å². The number of imidazole rings is 1. The predicted molar refractivity (Wildman–Crippen MR) is 52.6 cm³/mol. The van der Waals surface area contributed by atoms with Gasteiger partial charge in [0.2, 0.25) is 6.33 Å². The van der Waals surface area contributed by atoms with Gasteiger partial charge in [-0.15, -0.1) is 0 Å². The number of esters is 1.